The van der Waals surface area contributed by atoms with E-state index in [0.717, 1.165) is 0 Å². The highest BCUT2D eigenvalue weighted by molar-refractivity contribution is 7.99. The van der Waals surface area contributed by atoms with Crippen LogP contribution in [0, 0.1) is 0 Å². The molecule has 0 saturated carbocycles. The van der Waals surface area contributed by atoms with E-state index in [0.29, 0.717) is 22.3 Å². The number of aromatic amines is 1. The lowest BCUT2D eigenvalue weighted by Gasteiger charge is -2.13. The Morgan fingerprint density at radius 2 is 2.14 bits per heavy atom. The molecule has 1 aromatic carbocycles. The lowest BCUT2D eigenvalue weighted by atomic mass is 10.3. The maximum Gasteiger partial charge on any atom is 0.253 e. The number of aliphatic hydroxyl groups excluding tert-OH is 1. The molecule has 2 rings (SSSR count). The van der Waals surface area contributed by atoms with Crippen molar-refractivity contribution in [1.29, 1.82) is 0 Å². The van der Waals surface area contributed by atoms with Gasteiger partial charge in [0.1, 0.15) is 18.2 Å². The van der Waals surface area contributed by atoms with Crippen molar-refractivity contribution >= 4 is 23.3 Å². The smallest absolute Gasteiger partial charge is 0.253 e. The summed E-state index contributed by atoms with van der Waals surface area (Å²) in [5.41, 5.74) is 11.4. The Morgan fingerprint density at radius 3 is 2.86 bits per heavy atom. The predicted octanol–water partition coefficient (Wildman–Crippen LogP) is 0.466. The number of aromatic nitrogens is 2. The summed E-state index contributed by atoms with van der Waals surface area (Å²) in [7, 11) is 0. The number of para-hydroxylation sites is 2. The van der Waals surface area contributed by atoms with E-state index >= 15 is 0 Å². The van der Waals surface area contributed by atoms with Crippen molar-refractivity contribution in [3.05, 3.63) is 40.7 Å². The third kappa shape index (κ3) is 4.69. The SMILES string of the molecule is Nc1cc(=O)[nH]c(SCC(O)COc2ccccc2N)n1. The van der Waals surface area contributed by atoms with Gasteiger partial charge in [-0.05, 0) is 12.1 Å². The topological polar surface area (TPSA) is 127 Å². The standard InChI is InChI=1S/C13H16N4O3S/c14-9-3-1-2-4-10(9)20-6-8(18)7-21-13-16-11(15)5-12(19)17-13/h1-5,8,18H,6-7,14H2,(H3,15,16,17,19). The van der Waals surface area contributed by atoms with Crippen molar-refractivity contribution in [2.24, 2.45) is 0 Å². The number of thioether (sulfide) groups is 1. The van der Waals surface area contributed by atoms with Gasteiger partial charge in [0.25, 0.3) is 5.56 Å². The van der Waals surface area contributed by atoms with Crippen molar-refractivity contribution in [2.45, 2.75) is 11.3 Å². The minimum Gasteiger partial charge on any atom is -0.489 e. The van der Waals surface area contributed by atoms with Crippen LogP contribution in [0.15, 0.2) is 40.3 Å². The normalized spacial score (nSPS) is 12.0. The first kappa shape index (κ1) is 15.2. The van der Waals surface area contributed by atoms with Crippen LogP contribution in [0.2, 0.25) is 0 Å². The molecular weight excluding hydrogens is 292 g/mol. The summed E-state index contributed by atoms with van der Waals surface area (Å²) < 4.78 is 5.43. The molecule has 0 bridgehead atoms. The Morgan fingerprint density at radius 1 is 1.38 bits per heavy atom. The highest BCUT2D eigenvalue weighted by atomic mass is 32.2. The number of nitrogens with two attached hydrogens (primary N) is 2. The molecule has 8 heteroatoms. The Balaban J connectivity index is 1.83. The minimum atomic E-state index is -0.735. The van der Waals surface area contributed by atoms with Crippen molar-refractivity contribution in [1.82, 2.24) is 9.97 Å². The number of benzene rings is 1. The molecule has 1 aromatic heterocycles. The fourth-order valence-corrected chi connectivity index (χ4v) is 2.33. The molecule has 6 N–H and O–H groups in total. The van der Waals surface area contributed by atoms with Crippen molar-refractivity contribution < 1.29 is 9.84 Å². The highest BCUT2D eigenvalue weighted by Gasteiger charge is 2.09. The van der Waals surface area contributed by atoms with Crippen LogP contribution < -0.4 is 21.8 Å². The summed E-state index contributed by atoms with van der Waals surface area (Å²) in [5.74, 6) is 0.972. The van der Waals surface area contributed by atoms with Crippen LogP contribution in [-0.2, 0) is 0 Å². The fourth-order valence-electron chi connectivity index (χ4n) is 1.54. The molecule has 0 aliphatic rings. The number of nitrogens with zero attached hydrogens (tertiary/aromatic N) is 1. The van der Waals surface area contributed by atoms with Crippen LogP contribution >= 0.6 is 11.8 Å². The maximum atomic E-state index is 11.2. The monoisotopic (exact) mass is 308 g/mol. The average molecular weight is 308 g/mol. The van der Waals surface area contributed by atoms with Gasteiger partial charge in [-0.25, -0.2) is 4.98 Å². The van der Waals surface area contributed by atoms with E-state index in [1.165, 1.54) is 17.8 Å². The van der Waals surface area contributed by atoms with Gasteiger partial charge in [0.05, 0.1) is 11.8 Å². The van der Waals surface area contributed by atoms with Crippen LogP contribution in [0.1, 0.15) is 0 Å². The van der Waals surface area contributed by atoms with Crippen molar-refractivity contribution in [3.8, 4) is 5.75 Å². The first-order valence-electron chi connectivity index (χ1n) is 6.19. The second kappa shape index (κ2) is 7.00. The second-order valence-electron chi connectivity index (χ2n) is 4.29. The number of ether oxygens (including phenoxy) is 1. The van der Waals surface area contributed by atoms with Crippen molar-refractivity contribution in [3.63, 3.8) is 0 Å². The van der Waals surface area contributed by atoms with Gasteiger partial charge in [-0.2, -0.15) is 0 Å². The predicted molar refractivity (Wildman–Crippen MR) is 82.4 cm³/mol. The molecule has 0 radical (unpaired) electrons. The van der Waals surface area contributed by atoms with Crippen LogP contribution in [-0.4, -0.2) is 33.5 Å². The van der Waals surface area contributed by atoms with Gasteiger partial charge in [-0.3, -0.25) is 4.79 Å². The molecule has 0 spiro atoms. The summed E-state index contributed by atoms with van der Waals surface area (Å²) in [6, 6.07) is 8.25. The van der Waals surface area contributed by atoms with Crippen LogP contribution in [0.3, 0.4) is 0 Å². The molecule has 2 aromatic rings. The number of anilines is 2. The van der Waals surface area contributed by atoms with Gasteiger partial charge in [-0.15, -0.1) is 0 Å². The summed E-state index contributed by atoms with van der Waals surface area (Å²) >= 11 is 1.19. The molecule has 1 unspecified atom stereocenters. The Kier molecular flexibility index (Phi) is 5.07. The number of nitrogens with one attached hydrogen (secondary N) is 1. The van der Waals surface area contributed by atoms with Crippen LogP contribution in [0.5, 0.6) is 5.75 Å². The highest BCUT2D eigenvalue weighted by Crippen LogP contribution is 2.20. The van der Waals surface area contributed by atoms with E-state index in [9.17, 15) is 9.90 Å². The summed E-state index contributed by atoms with van der Waals surface area (Å²) in [5, 5.41) is 10.2. The molecule has 0 aliphatic carbocycles. The molecule has 7 nitrogen and oxygen atoms in total. The number of H-pyrrole nitrogens is 1. The number of aliphatic hydroxyl groups is 1. The van der Waals surface area contributed by atoms with Gasteiger partial charge in [0, 0.05) is 11.8 Å². The first-order valence-corrected chi connectivity index (χ1v) is 7.18. The Labute approximate surface area is 125 Å². The quantitative estimate of drug-likeness (QED) is 0.347. The van der Waals surface area contributed by atoms with Gasteiger partial charge in [0.15, 0.2) is 5.16 Å². The van der Waals surface area contributed by atoms with E-state index in [1.807, 2.05) is 0 Å². The summed E-state index contributed by atoms with van der Waals surface area (Å²) in [4.78, 5) is 17.7. The third-order valence-electron chi connectivity index (χ3n) is 2.50. The van der Waals surface area contributed by atoms with E-state index in [1.54, 1.807) is 24.3 Å². The Hall–Kier alpha value is -2.19. The fraction of sp³-hybridized carbons (Fsp3) is 0.231. The van der Waals surface area contributed by atoms with Gasteiger partial charge in [-0.1, -0.05) is 23.9 Å². The molecule has 112 valence electrons. The minimum absolute atomic E-state index is 0.0910. The van der Waals surface area contributed by atoms with E-state index in [4.69, 9.17) is 16.2 Å². The molecule has 0 amide bonds. The third-order valence-corrected chi connectivity index (χ3v) is 3.52. The van der Waals surface area contributed by atoms with Crippen LogP contribution in [0.25, 0.3) is 0 Å². The lowest BCUT2D eigenvalue weighted by Crippen LogP contribution is -2.21. The van der Waals surface area contributed by atoms with Gasteiger partial charge < -0.3 is 26.3 Å². The molecular formula is C13H16N4O3S. The van der Waals surface area contributed by atoms with Gasteiger partial charge in [0.2, 0.25) is 0 Å². The molecule has 0 saturated heterocycles. The van der Waals surface area contributed by atoms with E-state index < -0.39 is 6.10 Å². The Bertz CT molecular complexity index is 662. The zero-order valence-electron chi connectivity index (χ0n) is 11.2. The average Bonchev–Trinajstić information content (AvgIpc) is 2.43. The number of nitrogen functional groups attached to an aromatic ring is 2. The number of hydrogen-bond acceptors (Lipinski definition) is 7. The number of hydrogen-bond donors (Lipinski definition) is 4. The zero-order valence-corrected chi connectivity index (χ0v) is 12.0. The lowest BCUT2D eigenvalue weighted by molar-refractivity contribution is 0.127. The van der Waals surface area contributed by atoms with Gasteiger partial charge >= 0.3 is 0 Å². The molecule has 21 heavy (non-hydrogen) atoms. The summed E-state index contributed by atoms with van der Waals surface area (Å²) in [6.45, 7) is 0.0910. The maximum absolute atomic E-state index is 11.2. The number of rotatable bonds is 6. The van der Waals surface area contributed by atoms with Crippen LogP contribution in [0.4, 0.5) is 11.5 Å². The largest absolute Gasteiger partial charge is 0.489 e. The summed E-state index contributed by atoms with van der Waals surface area (Å²) in [6.07, 6.45) is -0.735. The molecule has 1 heterocycles. The zero-order chi connectivity index (χ0) is 15.2. The van der Waals surface area contributed by atoms with E-state index in [-0.39, 0.29) is 18.0 Å². The first-order chi connectivity index (χ1) is 10.0. The molecule has 0 aliphatic heterocycles. The van der Waals surface area contributed by atoms with E-state index in [2.05, 4.69) is 9.97 Å². The molecule has 1 atom stereocenters. The molecule has 0 fully saturated rings. The second-order valence-corrected chi connectivity index (χ2v) is 5.30. The van der Waals surface area contributed by atoms with Crippen molar-refractivity contribution in [2.75, 3.05) is 23.8 Å².